The number of aromatic nitrogens is 2. The standard InChI is InChI=1S/C11H15ClN2O/c1-7-9(6-13-11(12)14-7)10(15)8-4-2-3-5-8/h6,8,10,15H,2-5H2,1H3. The van der Waals surface area contributed by atoms with E-state index in [2.05, 4.69) is 9.97 Å². The van der Waals surface area contributed by atoms with Crippen LogP contribution in [0.1, 0.15) is 43.0 Å². The Labute approximate surface area is 94.5 Å². The Kier molecular flexibility index (Phi) is 3.22. The Balaban J connectivity index is 2.20. The van der Waals surface area contributed by atoms with Gasteiger partial charge < -0.3 is 5.11 Å². The third-order valence-corrected chi connectivity index (χ3v) is 3.34. The Morgan fingerprint density at radius 3 is 2.73 bits per heavy atom. The number of hydrogen-bond donors (Lipinski definition) is 1. The summed E-state index contributed by atoms with van der Waals surface area (Å²) >= 11 is 5.68. The summed E-state index contributed by atoms with van der Waals surface area (Å²) in [4.78, 5) is 7.99. The van der Waals surface area contributed by atoms with E-state index < -0.39 is 6.10 Å². The summed E-state index contributed by atoms with van der Waals surface area (Å²) in [7, 11) is 0. The van der Waals surface area contributed by atoms with Gasteiger partial charge in [0.1, 0.15) is 0 Å². The van der Waals surface area contributed by atoms with Gasteiger partial charge in [0.2, 0.25) is 5.28 Å². The summed E-state index contributed by atoms with van der Waals surface area (Å²) in [5.74, 6) is 0.369. The van der Waals surface area contributed by atoms with Crippen molar-refractivity contribution in [1.29, 1.82) is 0 Å². The van der Waals surface area contributed by atoms with E-state index in [1.165, 1.54) is 12.8 Å². The molecule has 1 fully saturated rings. The SMILES string of the molecule is Cc1nc(Cl)ncc1C(O)C1CCCC1. The van der Waals surface area contributed by atoms with E-state index >= 15 is 0 Å². The van der Waals surface area contributed by atoms with E-state index in [4.69, 9.17) is 11.6 Å². The number of rotatable bonds is 2. The second kappa shape index (κ2) is 4.45. The molecular weight excluding hydrogens is 212 g/mol. The molecule has 1 aliphatic carbocycles. The first-order valence-electron chi connectivity index (χ1n) is 5.35. The van der Waals surface area contributed by atoms with Crippen LogP contribution in [0.5, 0.6) is 0 Å². The molecule has 3 nitrogen and oxygen atoms in total. The summed E-state index contributed by atoms with van der Waals surface area (Å²) in [6, 6.07) is 0. The van der Waals surface area contributed by atoms with Crippen molar-refractivity contribution in [1.82, 2.24) is 9.97 Å². The van der Waals surface area contributed by atoms with Gasteiger partial charge in [0.15, 0.2) is 0 Å². The first-order chi connectivity index (χ1) is 7.18. The topological polar surface area (TPSA) is 46.0 Å². The van der Waals surface area contributed by atoms with Crippen LogP contribution in [0, 0.1) is 12.8 Å². The van der Waals surface area contributed by atoms with E-state index in [1.54, 1.807) is 6.20 Å². The van der Waals surface area contributed by atoms with Gasteiger partial charge in [-0.05, 0) is 37.3 Å². The maximum Gasteiger partial charge on any atom is 0.222 e. The van der Waals surface area contributed by atoms with Gasteiger partial charge in [-0.15, -0.1) is 0 Å². The minimum absolute atomic E-state index is 0.245. The number of halogens is 1. The average molecular weight is 227 g/mol. The van der Waals surface area contributed by atoms with Gasteiger partial charge in [0.05, 0.1) is 6.10 Å². The van der Waals surface area contributed by atoms with Crippen molar-refractivity contribution < 1.29 is 5.11 Å². The highest BCUT2D eigenvalue weighted by molar-refractivity contribution is 6.28. The second-order valence-electron chi connectivity index (χ2n) is 4.17. The largest absolute Gasteiger partial charge is 0.388 e. The van der Waals surface area contributed by atoms with Gasteiger partial charge in [-0.2, -0.15) is 0 Å². The van der Waals surface area contributed by atoms with E-state index in [0.717, 1.165) is 24.1 Å². The molecule has 1 aromatic rings. The molecular formula is C11H15ClN2O. The average Bonchev–Trinajstić information content (AvgIpc) is 2.69. The molecule has 2 rings (SSSR count). The first kappa shape index (κ1) is 10.8. The minimum atomic E-state index is -0.426. The maximum atomic E-state index is 10.2. The highest BCUT2D eigenvalue weighted by Crippen LogP contribution is 2.36. The smallest absolute Gasteiger partial charge is 0.222 e. The van der Waals surface area contributed by atoms with Crippen LogP contribution in [0.2, 0.25) is 5.28 Å². The summed E-state index contributed by atoms with van der Waals surface area (Å²) < 4.78 is 0. The van der Waals surface area contributed by atoms with Crippen LogP contribution < -0.4 is 0 Å². The van der Waals surface area contributed by atoms with E-state index in [0.29, 0.717) is 5.92 Å². The Bertz CT molecular complexity index is 350. The van der Waals surface area contributed by atoms with E-state index in [9.17, 15) is 5.11 Å². The lowest BCUT2D eigenvalue weighted by Crippen LogP contribution is -2.11. The molecule has 1 atom stereocenters. The Hall–Kier alpha value is -0.670. The Morgan fingerprint density at radius 1 is 1.47 bits per heavy atom. The van der Waals surface area contributed by atoms with Crippen LogP contribution >= 0.6 is 11.6 Å². The molecule has 1 saturated carbocycles. The van der Waals surface area contributed by atoms with Crippen molar-refractivity contribution in [2.75, 3.05) is 0 Å². The van der Waals surface area contributed by atoms with Gasteiger partial charge in [0.25, 0.3) is 0 Å². The normalized spacial score (nSPS) is 19.4. The molecule has 1 heterocycles. The number of aliphatic hydroxyl groups is 1. The van der Waals surface area contributed by atoms with Crippen LogP contribution in [0.25, 0.3) is 0 Å². The molecule has 0 bridgehead atoms. The molecule has 0 radical (unpaired) electrons. The van der Waals surface area contributed by atoms with Crippen molar-refractivity contribution >= 4 is 11.6 Å². The van der Waals surface area contributed by atoms with Crippen LogP contribution in [0.3, 0.4) is 0 Å². The van der Waals surface area contributed by atoms with Gasteiger partial charge in [-0.1, -0.05) is 12.8 Å². The first-order valence-corrected chi connectivity index (χ1v) is 5.73. The third kappa shape index (κ3) is 2.29. The van der Waals surface area contributed by atoms with Crippen molar-refractivity contribution in [3.05, 3.63) is 22.7 Å². The fourth-order valence-electron chi connectivity index (χ4n) is 2.27. The van der Waals surface area contributed by atoms with E-state index in [1.807, 2.05) is 6.92 Å². The maximum absolute atomic E-state index is 10.2. The molecule has 82 valence electrons. The highest BCUT2D eigenvalue weighted by atomic mass is 35.5. The number of hydrogen-bond acceptors (Lipinski definition) is 3. The zero-order valence-corrected chi connectivity index (χ0v) is 9.54. The monoisotopic (exact) mass is 226 g/mol. The van der Waals surface area contributed by atoms with Gasteiger partial charge >= 0.3 is 0 Å². The minimum Gasteiger partial charge on any atom is -0.388 e. The Morgan fingerprint density at radius 2 is 2.13 bits per heavy atom. The molecule has 0 aliphatic heterocycles. The van der Waals surface area contributed by atoms with Crippen LogP contribution in [0.4, 0.5) is 0 Å². The predicted octanol–water partition coefficient (Wildman–Crippen LogP) is 2.66. The van der Waals surface area contributed by atoms with Crippen molar-refractivity contribution in [3.63, 3.8) is 0 Å². The predicted molar refractivity (Wildman–Crippen MR) is 58.7 cm³/mol. The molecule has 1 N–H and O–H groups in total. The summed E-state index contributed by atoms with van der Waals surface area (Å²) in [5, 5.41) is 10.4. The number of aryl methyl sites for hydroxylation is 1. The van der Waals surface area contributed by atoms with Gasteiger partial charge in [-0.3, -0.25) is 0 Å². The zero-order chi connectivity index (χ0) is 10.8. The summed E-state index contributed by atoms with van der Waals surface area (Å²) in [5.41, 5.74) is 1.61. The van der Waals surface area contributed by atoms with E-state index in [-0.39, 0.29) is 5.28 Å². The second-order valence-corrected chi connectivity index (χ2v) is 4.51. The summed E-state index contributed by atoms with van der Waals surface area (Å²) in [6.45, 7) is 1.86. The molecule has 1 aromatic heterocycles. The lowest BCUT2D eigenvalue weighted by molar-refractivity contribution is 0.110. The lowest BCUT2D eigenvalue weighted by atomic mass is 9.95. The zero-order valence-electron chi connectivity index (χ0n) is 8.78. The van der Waals surface area contributed by atoms with Crippen LogP contribution in [-0.2, 0) is 0 Å². The summed E-state index contributed by atoms with van der Waals surface area (Å²) in [6.07, 6.45) is 5.86. The molecule has 0 amide bonds. The molecule has 1 aliphatic rings. The van der Waals surface area contributed by atoms with Crippen molar-refractivity contribution in [2.45, 2.75) is 38.7 Å². The van der Waals surface area contributed by atoms with Crippen LogP contribution in [-0.4, -0.2) is 15.1 Å². The molecule has 0 aromatic carbocycles. The number of nitrogens with zero attached hydrogens (tertiary/aromatic N) is 2. The fourth-order valence-corrected chi connectivity index (χ4v) is 2.44. The molecule has 15 heavy (non-hydrogen) atoms. The van der Waals surface area contributed by atoms with Gasteiger partial charge in [0, 0.05) is 17.5 Å². The fraction of sp³-hybridized carbons (Fsp3) is 0.636. The van der Waals surface area contributed by atoms with Crippen molar-refractivity contribution in [2.24, 2.45) is 5.92 Å². The lowest BCUT2D eigenvalue weighted by Gasteiger charge is -2.18. The molecule has 1 unspecified atom stereocenters. The third-order valence-electron chi connectivity index (χ3n) is 3.15. The molecule has 4 heteroatoms. The highest BCUT2D eigenvalue weighted by Gasteiger charge is 2.26. The van der Waals surface area contributed by atoms with Crippen molar-refractivity contribution in [3.8, 4) is 0 Å². The quantitative estimate of drug-likeness (QED) is 0.789. The molecule has 0 saturated heterocycles. The van der Waals surface area contributed by atoms with Crippen LogP contribution in [0.15, 0.2) is 6.20 Å². The molecule has 0 spiro atoms. The number of aliphatic hydroxyl groups excluding tert-OH is 1. The van der Waals surface area contributed by atoms with Gasteiger partial charge in [-0.25, -0.2) is 9.97 Å².